The fourth-order valence-corrected chi connectivity index (χ4v) is 3.01. The van der Waals surface area contributed by atoms with E-state index >= 15 is 0 Å². The Bertz CT molecular complexity index is 436. The van der Waals surface area contributed by atoms with Gasteiger partial charge in [0.1, 0.15) is 0 Å². The van der Waals surface area contributed by atoms with Gasteiger partial charge in [0.15, 0.2) is 0 Å². The van der Waals surface area contributed by atoms with Crippen molar-refractivity contribution in [3.63, 3.8) is 0 Å². The van der Waals surface area contributed by atoms with Gasteiger partial charge in [0.05, 0.1) is 5.56 Å². The number of nitrogens with one attached hydrogen (secondary N) is 1. The Labute approximate surface area is 123 Å². The van der Waals surface area contributed by atoms with Gasteiger partial charge in [-0.2, -0.15) is 0 Å². The molecule has 1 aromatic carbocycles. The third-order valence-electron chi connectivity index (χ3n) is 3.74. The molecule has 19 heavy (non-hydrogen) atoms. The summed E-state index contributed by atoms with van der Waals surface area (Å²) in [5.41, 5.74) is 0.703. The van der Waals surface area contributed by atoms with E-state index in [2.05, 4.69) is 33.1 Å². The molecular formula is C15H21BrN2O. The van der Waals surface area contributed by atoms with Crippen LogP contribution < -0.4 is 5.32 Å². The second-order valence-corrected chi connectivity index (χ2v) is 5.97. The molecule has 1 aliphatic heterocycles. The Hall–Kier alpha value is -0.870. The summed E-state index contributed by atoms with van der Waals surface area (Å²) in [6.45, 7) is 5.09. The number of hydrogen-bond acceptors (Lipinski definition) is 2. The number of piperidine rings is 1. The van der Waals surface area contributed by atoms with Crippen LogP contribution in [0.1, 0.15) is 36.5 Å². The molecule has 1 heterocycles. The summed E-state index contributed by atoms with van der Waals surface area (Å²) in [6, 6.07) is 8.17. The number of carbonyl (C=O) groups is 1. The van der Waals surface area contributed by atoms with Gasteiger partial charge in [-0.25, -0.2) is 0 Å². The fraction of sp³-hybridized carbons (Fsp3) is 0.533. The second kappa shape index (κ2) is 7.06. The van der Waals surface area contributed by atoms with Crippen LogP contribution >= 0.6 is 15.9 Å². The predicted molar refractivity (Wildman–Crippen MR) is 81.4 cm³/mol. The molecular weight excluding hydrogens is 304 g/mol. The molecule has 0 radical (unpaired) electrons. The number of carbonyl (C=O) groups excluding carboxylic acids is 1. The molecule has 2 rings (SSSR count). The van der Waals surface area contributed by atoms with Crippen LogP contribution in [0.2, 0.25) is 0 Å². The van der Waals surface area contributed by atoms with Gasteiger partial charge in [-0.15, -0.1) is 0 Å². The molecule has 1 fully saturated rings. The molecule has 0 bridgehead atoms. The van der Waals surface area contributed by atoms with Crippen molar-refractivity contribution < 1.29 is 4.79 Å². The first-order valence-electron chi connectivity index (χ1n) is 6.95. The Kier molecular flexibility index (Phi) is 5.40. The lowest BCUT2D eigenvalue weighted by atomic mass is 10.0. The van der Waals surface area contributed by atoms with Gasteiger partial charge >= 0.3 is 0 Å². The standard InChI is InChI=1S/C15H21BrN2O/c1-12-6-4-5-10-18(12)11-9-17-15(19)13-7-2-3-8-14(13)16/h2-3,7-8,12H,4-6,9-11H2,1H3,(H,17,19)/t12-/m1/s1. The summed E-state index contributed by atoms with van der Waals surface area (Å²) in [4.78, 5) is 14.5. The van der Waals surface area contributed by atoms with E-state index in [1.54, 1.807) is 0 Å². The highest BCUT2D eigenvalue weighted by atomic mass is 79.9. The first kappa shape index (κ1) is 14.5. The van der Waals surface area contributed by atoms with Gasteiger partial charge in [0, 0.05) is 23.6 Å². The minimum absolute atomic E-state index is 0.00265. The number of benzene rings is 1. The molecule has 0 spiro atoms. The van der Waals surface area contributed by atoms with E-state index in [-0.39, 0.29) is 5.91 Å². The number of likely N-dealkylation sites (tertiary alicyclic amines) is 1. The minimum Gasteiger partial charge on any atom is -0.351 e. The molecule has 1 atom stereocenters. The molecule has 0 aromatic heterocycles. The summed E-state index contributed by atoms with van der Waals surface area (Å²) < 4.78 is 0.846. The van der Waals surface area contributed by atoms with E-state index in [1.165, 1.54) is 19.3 Å². The van der Waals surface area contributed by atoms with Crippen molar-refractivity contribution >= 4 is 21.8 Å². The number of hydrogen-bond donors (Lipinski definition) is 1. The predicted octanol–water partition coefficient (Wildman–Crippen LogP) is 3.05. The highest BCUT2D eigenvalue weighted by Crippen LogP contribution is 2.16. The van der Waals surface area contributed by atoms with Gasteiger partial charge in [-0.05, 0) is 54.4 Å². The minimum atomic E-state index is -0.00265. The summed E-state index contributed by atoms with van der Waals surface area (Å²) in [6.07, 6.45) is 3.89. The van der Waals surface area contributed by atoms with Crippen LogP contribution in [-0.4, -0.2) is 36.5 Å². The lowest BCUT2D eigenvalue weighted by molar-refractivity contribution is 0.0937. The molecule has 0 aliphatic carbocycles. The normalized spacial score (nSPS) is 20.2. The molecule has 3 nitrogen and oxygen atoms in total. The highest BCUT2D eigenvalue weighted by molar-refractivity contribution is 9.10. The SMILES string of the molecule is C[C@@H]1CCCCN1CCNC(=O)c1ccccc1Br. The lowest BCUT2D eigenvalue weighted by Crippen LogP contribution is -2.42. The molecule has 1 aliphatic rings. The van der Waals surface area contributed by atoms with Crippen molar-refractivity contribution in [1.82, 2.24) is 10.2 Å². The van der Waals surface area contributed by atoms with E-state index in [0.29, 0.717) is 18.2 Å². The average molecular weight is 325 g/mol. The van der Waals surface area contributed by atoms with Crippen molar-refractivity contribution in [2.24, 2.45) is 0 Å². The average Bonchev–Trinajstić information content (AvgIpc) is 2.41. The number of halogens is 1. The van der Waals surface area contributed by atoms with Crippen LogP contribution in [0, 0.1) is 0 Å². The Morgan fingerprint density at radius 3 is 2.95 bits per heavy atom. The third-order valence-corrected chi connectivity index (χ3v) is 4.44. The zero-order chi connectivity index (χ0) is 13.7. The van der Waals surface area contributed by atoms with E-state index in [0.717, 1.165) is 17.6 Å². The Balaban J connectivity index is 1.79. The number of amides is 1. The fourth-order valence-electron chi connectivity index (χ4n) is 2.54. The van der Waals surface area contributed by atoms with Crippen LogP contribution in [0.15, 0.2) is 28.7 Å². The first-order valence-corrected chi connectivity index (χ1v) is 7.74. The monoisotopic (exact) mass is 324 g/mol. The summed E-state index contributed by atoms with van der Waals surface area (Å²) in [5.74, 6) is -0.00265. The van der Waals surface area contributed by atoms with Gasteiger partial charge in [0.2, 0.25) is 0 Å². The van der Waals surface area contributed by atoms with Crippen LogP contribution in [0.5, 0.6) is 0 Å². The maximum absolute atomic E-state index is 12.0. The molecule has 0 unspecified atom stereocenters. The third kappa shape index (κ3) is 4.05. The van der Waals surface area contributed by atoms with Crippen molar-refractivity contribution in [3.05, 3.63) is 34.3 Å². The van der Waals surface area contributed by atoms with Gasteiger partial charge in [0.25, 0.3) is 5.91 Å². The van der Waals surface area contributed by atoms with Crippen molar-refractivity contribution in [3.8, 4) is 0 Å². The van der Waals surface area contributed by atoms with E-state index in [4.69, 9.17) is 0 Å². The maximum Gasteiger partial charge on any atom is 0.252 e. The maximum atomic E-state index is 12.0. The van der Waals surface area contributed by atoms with Crippen LogP contribution in [0.4, 0.5) is 0 Å². The zero-order valence-corrected chi connectivity index (χ0v) is 12.9. The molecule has 1 amide bonds. The lowest BCUT2D eigenvalue weighted by Gasteiger charge is -2.33. The van der Waals surface area contributed by atoms with Crippen molar-refractivity contribution in [2.45, 2.75) is 32.2 Å². The molecule has 1 N–H and O–H groups in total. The molecule has 0 saturated carbocycles. The molecule has 104 valence electrons. The van der Waals surface area contributed by atoms with Gasteiger partial charge in [-0.1, -0.05) is 18.6 Å². The van der Waals surface area contributed by atoms with Gasteiger partial charge in [-0.3, -0.25) is 9.69 Å². The summed E-state index contributed by atoms with van der Waals surface area (Å²) in [7, 11) is 0. The largest absolute Gasteiger partial charge is 0.351 e. The molecule has 1 aromatic rings. The smallest absolute Gasteiger partial charge is 0.252 e. The van der Waals surface area contributed by atoms with E-state index in [1.807, 2.05) is 24.3 Å². The zero-order valence-electron chi connectivity index (χ0n) is 11.4. The van der Waals surface area contributed by atoms with E-state index in [9.17, 15) is 4.79 Å². The second-order valence-electron chi connectivity index (χ2n) is 5.12. The number of nitrogens with zero attached hydrogens (tertiary/aromatic N) is 1. The van der Waals surface area contributed by atoms with Crippen molar-refractivity contribution in [2.75, 3.05) is 19.6 Å². The quantitative estimate of drug-likeness (QED) is 0.923. The first-order chi connectivity index (χ1) is 9.18. The van der Waals surface area contributed by atoms with Gasteiger partial charge < -0.3 is 5.32 Å². The Morgan fingerprint density at radius 1 is 1.42 bits per heavy atom. The Morgan fingerprint density at radius 2 is 2.21 bits per heavy atom. The summed E-state index contributed by atoms with van der Waals surface area (Å²) >= 11 is 3.40. The topological polar surface area (TPSA) is 32.3 Å². The highest BCUT2D eigenvalue weighted by Gasteiger charge is 2.17. The van der Waals surface area contributed by atoms with E-state index < -0.39 is 0 Å². The van der Waals surface area contributed by atoms with Crippen LogP contribution in [0.25, 0.3) is 0 Å². The summed E-state index contributed by atoms with van der Waals surface area (Å²) in [5, 5.41) is 3.00. The number of rotatable bonds is 4. The molecule has 4 heteroatoms. The molecule has 1 saturated heterocycles. The van der Waals surface area contributed by atoms with Crippen LogP contribution in [-0.2, 0) is 0 Å². The van der Waals surface area contributed by atoms with Crippen molar-refractivity contribution in [1.29, 1.82) is 0 Å². The van der Waals surface area contributed by atoms with Crippen LogP contribution in [0.3, 0.4) is 0 Å².